The van der Waals surface area contributed by atoms with Crippen molar-refractivity contribution in [3.8, 4) is 0 Å². The van der Waals surface area contributed by atoms with Gasteiger partial charge in [-0.2, -0.15) is 0 Å². The van der Waals surface area contributed by atoms with Crippen LogP contribution in [-0.4, -0.2) is 63.0 Å². The van der Waals surface area contributed by atoms with Crippen LogP contribution in [0.4, 0.5) is 4.79 Å². The van der Waals surface area contributed by atoms with E-state index < -0.39 is 22.0 Å². The standard InChI is InChI=1S/C9H18N2O4S.C8H17N.2CH4/c1-10-9(12)11(7-16(13,14)15)8-5-3-2-4-6-8;1-9(2)8-6-4-3-5-7-8;;/h8H,2-7H2,1H3,(H,10,12)(H,13,14,15);8H,3-7H2,1-2H3;2*1H4. The topological polar surface area (TPSA) is 94.0 Å². The second-order valence-electron chi connectivity index (χ2n) is 7.42. The molecule has 0 atom stereocenters. The average Bonchev–Trinajstić information content (AvgIpc) is 2.60. The molecular formula is C19H43N3O4S. The van der Waals surface area contributed by atoms with E-state index in [2.05, 4.69) is 19.4 Å². The van der Waals surface area contributed by atoms with Gasteiger partial charge in [0.05, 0.1) is 20.1 Å². The molecule has 2 amide bonds. The normalized spacial score (nSPS) is 18.4. The summed E-state index contributed by atoms with van der Waals surface area (Å²) in [5.74, 6) is -0.739. The van der Waals surface area contributed by atoms with E-state index in [1.165, 1.54) is 39.2 Å². The Labute approximate surface area is 167 Å². The van der Waals surface area contributed by atoms with Crippen LogP contribution in [0.3, 0.4) is 0 Å². The molecule has 7 nitrogen and oxygen atoms in total. The summed E-state index contributed by atoms with van der Waals surface area (Å²) in [7, 11) is 1.56. The molecule has 27 heavy (non-hydrogen) atoms. The van der Waals surface area contributed by atoms with Gasteiger partial charge in [-0.25, -0.2) is 13.2 Å². The Morgan fingerprint density at radius 2 is 1.44 bits per heavy atom. The lowest BCUT2D eigenvalue weighted by Crippen LogP contribution is -3.10. The van der Waals surface area contributed by atoms with Crippen molar-refractivity contribution in [2.45, 2.75) is 91.1 Å². The van der Waals surface area contributed by atoms with Gasteiger partial charge in [0, 0.05) is 13.1 Å². The molecule has 0 saturated heterocycles. The zero-order chi connectivity index (χ0) is 18.9. The van der Waals surface area contributed by atoms with E-state index in [0.717, 1.165) is 43.0 Å². The highest BCUT2D eigenvalue weighted by molar-refractivity contribution is 7.85. The van der Waals surface area contributed by atoms with Crippen molar-refractivity contribution in [1.82, 2.24) is 10.2 Å². The molecule has 0 aromatic carbocycles. The summed E-state index contributed by atoms with van der Waals surface area (Å²) in [6.45, 7) is 0. The highest BCUT2D eigenvalue weighted by Gasteiger charge is 2.26. The Morgan fingerprint density at radius 1 is 1.00 bits per heavy atom. The first-order valence-corrected chi connectivity index (χ1v) is 11.0. The fraction of sp³-hybridized carbons (Fsp3) is 0.947. The second-order valence-corrected chi connectivity index (χ2v) is 8.79. The molecule has 0 spiro atoms. The minimum atomic E-state index is -4.41. The average molecular weight is 410 g/mol. The van der Waals surface area contributed by atoms with Crippen LogP contribution in [0.1, 0.15) is 79.1 Å². The third-order valence-corrected chi connectivity index (χ3v) is 5.80. The monoisotopic (exact) mass is 409 g/mol. The van der Waals surface area contributed by atoms with Gasteiger partial charge in [0.2, 0.25) is 0 Å². The summed E-state index contributed by atoms with van der Waals surface area (Å²) in [5.41, 5.74) is 0. The molecule has 0 aromatic rings. The third-order valence-electron chi connectivity index (χ3n) is 5.21. The van der Waals surface area contributed by atoms with E-state index in [-0.39, 0.29) is 20.9 Å². The minimum absolute atomic E-state index is 0. The number of rotatable bonds is 4. The summed E-state index contributed by atoms with van der Waals surface area (Å²) in [5, 5.41) is 2.37. The predicted molar refractivity (Wildman–Crippen MR) is 111 cm³/mol. The smallest absolute Gasteiger partial charge is 0.318 e. The van der Waals surface area contributed by atoms with Crippen LogP contribution in [0.2, 0.25) is 0 Å². The summed E-state index contributed by atoms with van der Waals surface area (Å²) >= 11 is 0. The van der Waals surface area contributed by atoms with Gasteiger partial charge in [0.25, 0.3) is 0 Å². The summed E-state index contributed by atoms with van der Waals surface area (Å²) < 4.78 is 32.2. The molecule has 2 fully saturated rings. The van der Waals surface area contributed by atoms with Crippen molar-refractivity contribution in [3.05, 3.63) is 0 Å². The quantitative estimate of drug-likeness (QED) is 0.696. The number of urea groups is 1. The van der Waals surface area contributed by atoms with Gasteiger partial charge in [0.15, 0.2) is 0 Å². The number of carbonyl (C=O) groups is 1. The minimum Gasteiger partial charge on any atom is -0.747 e. The Balaban J connectivity index is 0. The van der Waals surface area contributed by atoms with Crippen LogP contribution in [0.15, 0.2) is 0 Å². The van der Waals surface area contributed by atoms with Crippen molar-refractivity contribution >= 4 is 16.1 Å². The van der Waals surface area contributed by atoms with Crippen molar-refractivity contribution in [1.29, 1.82) is 0 Å². The molecule has 164 valence electrons. The van der Waals surface area contributed by atoms with Gasteiger partial charge < -0.3 is 19.7 Å². The van der Waals surface area contributed by atoms with Crippen LogP contribution in [-0.2, 0) is 10.1 Å². The SMILES string of the molecule is C.C.CNC(=O)N(CS(=O)(=O)[O-])C1CCCCC1.C[NH+](C)C1CCCCC1. The summed E-state index contributed by atoms with van der Waals surface area (Å²) in [4.78, 5) is 14.3. The molecule has 0 bridgehead atoms. The molecule has 0 aromatic heterocycles. The van der Waals surface area contributed by atoms with Crippen LogP contribution >= 0.6 is 0 Å². The second kappa shape index (κ2) is 14.2. The number of nitrogens with one attached hydrogen (secondary N) is 2. The maximum absolute atomic E-state index is 11.5. The van der Waals surface area contributed by atoms with Gasteiger partial charge in [0.1, 0.15) is 16.0 Å². The fourth-order valence-electron chi connectivity index (χ4n) is 3.72. The number of hydrogen-bond acceptors (Lipinski definition) is 4. The lowest BCUT2D eigenvalue weighted by Gasteiger charge is -2.34. The van der Waals surface area contributed by atoms with Crippen molar-refractivity contribution in [3.63, 3.8) is 0 Å². The Kier molecular flexibility index (Phi) is 14.9. The van der Waals surface area contributed by atoms with Gasteiger partial charge in [-0.1, -0.05) is 40.5 Å². The summed E-state index contributed by atoms with van der Waals surface area (Å²) in [6.07, 6.45) is 11.9. The molecule has 0 radical (unpaired) electrons. The lowest BCUT2D eigenvalue weighted by atomic mass is 9.95. The Bertz CT molecular complexity index is 485. The third kappa shape index (κ3) is 11.5. The largest absolute Gasteiger partial charge is 0.747 e. The number of amides is 2. The molecule has 0 aliphatic heterocycles. The highest BCUT2D eigenvalue weighted by Crippen LogP contribution is 2.23. The predicted octanol–water partition coefficient (Wildman–Crippen LogP) is 2.20. The first-order valence-electron chi connectivity index (χ1n) is 9.46. The zero-order valence-corrected chi connectivity index (χ0v) is 16.7. The molecule has 0 heterocycles. The van der Waals surface area contributed by atoms with E-state index in [1.54, 1.807) is 4.90 Å². The molecule has 2 saturated carbocycles. The van der Waals surface area contributed by atoms with E-state index in [4.69, 9.17) is 0 Å². The van der Waals surface area contributed by atoms with Gasteiger partial charge in [-0.15, -0.1) is 0 Å². The molecular weight excluding hydrogens is 366 g/mol. The number of quaternary nitrogens is 1. The zero-order valence-electron chi connectivity index (χ0n) is 15.9. The molecule has 2 aliphatic rings. The van der Waals surface area contributed by atoms with Crippen LogP contribution in [0, 0.1) is 0 Å². The highest BCUT2D eigenvalue weighted by atomic mass is 32.2. The van der Waals surface area contributed by atoms with Crippen LogP contribution in [0.5, 0.6) is 0 Å². The molecule has 2 N–H and O–H groups in total. The van der Waals surface area contributed by atoms with Gasteiger partial charge in [-0.3, -0.25) is 0 Å². The van der Waals surface area contributed by atoms with Crippen LogP contribution < -0.4 is 10.2 Å². The van der Waals surface area contributed by atoms with E-state index >= 15 is 0 Å². The molecule has 8 heteroatoms. The van der Waals surface area contributed by atoms with Crippen molar-refractivity contribution in [2.75, 3.05) is 27.0 Å². The Morgan fingerprint density at radius 3 is 1.78 bits per heavy atom. The van der Waals surface area contributed by atoms with E-state index in [1.807, 2.05) is 0 Å². The van der Waals surface area contributed by atoms with E-state index in [9.17, 15) is 17.8 Å². The van der Waals surface area contributed by atoms with Crippen molar-refractivity contribution in [2.24, 2.45) is 0 Å². The first kappa shape index (κ1) is 28.4. The Hall–Kier alpha value is -0.860. The maximum atomic E-state index is 11.5. The number of nitrogens with zero attached hydrogens (tertiary/aromatic N) is 1. The molecule has 2 aliphatic carbocycles. The molecule has 2 rings (SSSR count). The lowest BCUT2D eigenvalue weighted by molar-refractivity contribution is -0.887. The maximum Gasteiger partial charge on any atom is 0.318 e. The summed E-state index contributed by atoms with van der Waals surface area (Å²) in [6, 6.07) is 0.350. The van der Waals surface area contributed by atoms with Gasteiger partial charge in [-0.05, 0) is 38.5 Å². The van der Waals surface area contributed by atoms with Gasteiger partial charge >= 0.3 is 6.03 Å². The first-order chi connectivity index (χ1) is 11.7. The fourth-order valence-corrected chi connectivity index (χ4v) is 4.39. The number of carbonyl (C=O) groups excluding carboxylic acids is 1. The molecule has 0 unspecified atom stereocenters. The number of hydrogen-bond donors (Lipinski definition) is 2. The van der Waals surface area contributed by atoms with Crippen molar-refractivity contribution < 1.29 is 22.7 Å². The van der Waals surface area contributed by atoms with E-state index in [0.29, 0.717) is 0 Å². The van der Waals surface area contributed by atoms with Crippen LogP contribution in [0.25, 0.3) is 0 Å².